The van der Waals surface area contributed by atoms with Crippen molar-refractivity contribution in [3.8, 4) is 0 Å². The van der Waals surface area contributed by atoms with E-state index in [-0.39, 0.29) is 11.9 Å². The fourth-order valence-corrected chi connectivity index (χ4v) is 5.50. The van der Waals surface area contributed by atoms with Crippen molar-refractivity contribution < 1.29 is 4.79 Å². The van der Waals surface area contributed by atoms with E-state index in [0.29, 0.717) is 6.04 Å². The molecule has 5 nitrogen and oxygen atoms in total. The number of thiophene rings is 2. The summed E-state index contributed by atoms with van der Waals surface area (Å²) in [5, 5.41) is 11.9. The third-order valence-electron chi connectivity index (χ3n) is 5.13. The van der Waals surface area contributed by atoms with Crippen molar-refractivity contribution in [1.82, 2.24) is 15.3 Å². The maximum atomic E-state index is 12.9. The van der Waals surface area contributed by atoms with Crippen LogP contribution < -0.4 is 10.6 Å². The van der Waals surface area contributed by atoms with Gasteiger partial charge in [-0.05, 0) is 61.1 Å². The zero-order chi connectivity index (χ0) is 18.8. The van der Waals surface area contributed by atoms with Gasteiger partial charge < -0.3 is 10.6 Å². The standard InChI is InChI=1S/C20H24N4OS2/c1-12(9-14-7-8-26-10-14)23-19(25)17-13(2)16-18(21-11-22-20(16)27-17)24-15-5-3-4-6-15/h7-8,10-12,15H,3-6,9H2,1-2H3,(H,23,25)(H,21,22,24). The van der Waals surface area contributed by atoms with Crippen molar-refractivity contribution in [3.05, 3.63) is 39.2 Å². The van der Waals surface area contributed by atoms with Crippen molar-refractivity contribution in [2.75, 3.05) is 5.32 Å². The van der Waals surface area contributed by atoms with Crippen LogP contribution in [0.4, 0.5) is 5.82 Å². The smallest absolute Gasteiger partial charge is 0.261 e. The molecule has 1 fully saturated rings. The van der Waals surface area contributed by atoms with E-state index in [1.807, 2.05) is 13.8 Å². The minimum absolute atomic E-state index is 0.0231. The van der Waals surface area contributed by atoms with Gasteiger partial charge in [0.2, 0.25) is 0 Å². The quantitative estimate of drug-likeness (QED) is 0.625. The first-order valence-corrected chi connectivity index (χ1v) is 11.2. The molecule has 3 aromatic rings. The highest BCUT2D eigenvalue weighted by molar-refractivity contribution is 7.20. The van der Waals surface area contributed by atoms with Gasteiger partial charge in [0.15, 0.2) is 0 Å². The van der Waals surface area contributed by atoms with E-state index in [1.54, 1.807) is 17.7 Å². The Kier molecular flexibility index (Phi) is 5.41. The summed E-state index contributed by atoms with van der Waals surface area (Å²) in [6.07, 6.45) is 7.34. The van der Waals surface area contributed by atoms with E-state index in [0.717, 1.165) is 32.9 Å². The van der Waals surface area contributed by atoms with Gasteiger partial charge in [0.1, 0.15) is 17.0 Å². The van der Waals surface area contributed by atoms with Crippen LogP contribution in [-0.4, -0.2) is 28.0 Å². The van der Waals surface area contributed by atoms with Crippen molar-refractivity contribution in [3.63, 3.8) is 0 Å². The van der Waals surface area contributed by atoms with Crippen LogP contribution in [-0.2, 0) is 6.42 Å². The molecule has 27 heavy (non-hydrogen) atoms. The Labute approximate surface area is 167 Å². The number of fused-ring (bicyclic) bond motifs is 1. The summed E-state index contributed by atoms with van der Waals surface area (Å²) in [6, 6.07) is 2.67. The molecule has 0 saturated heterocycles. The van der Waals surface area contributed by atoms with E-state index in [2.05, 4.69) is 37.4 Å². The molecule has 1 amide bonds. The largest absolute Gasteiger partial charge is 0.367 e. The van der Waals surface area contributed by atoms with Gasteiger partial charge in [0.25, 0.3) is 5.91 Å². The number of amides is 1. The average Bonchev–Trinajstić information content (AvgIpc) is 3.37. The topological polar surface area (TPSA) is 66.9 Å². The van der Waals surface area contributed by atoms with E-state index >= 15 is 0 Å². The van der Waals surface area contributed by atoms with Crippen LogP contribution in [0.15, 0.2) is 23.2 Å². The molecule has 3 heterocycles. The second-order valence-electron chi connectivity index (χ2n) is 7.29. The molecule has 0 aliphatic heterocycles. The highest BCUT2D eigenvalue weighted by atomic mass is 32.1. The van der Waals surface area contributed by atoms with Crippen LogP contribution in [0.3, 0.4) is 0 Å². The minimum atomic E-state index is -0.0231. The third-order valence-corrected chi connectivity index (χ3v) is 7.06. The molecule has 1 aliphatic rings. The Balaban J connectivity index is 1.54. The van der Waals surface area contributed by atoms with Crippen LogP contribution in [0.5, 0.6) is 0 Å². The molecule has 0 bridgehead atoms. The van der Waals surface area contributed by atoms with Gasteiger partial charge in [-0.3, -0.25) is 4.79 Å². The summed E-state index contributed by atoms with van der Waals surface area (Å²) >= 11 is 3.14. The molecule has 3 aromatic heterocycles. The molecular formula is C20H24N4OS2. The Hall–Kier alpha value is -1.99. The summed E-state index contributed by atoms with van der Waals surface area (Å²) in [4.78, 5) is 23.3. The van der Waals surface area contributed by atoms with Gasteiger partial charge in [-0.15, -0.1) is 11.3 Å². The number of aromatic nitrogens is 2. The minimum Gasteiger partial charge on any atom is -0.367 e. The number of aryl methyl sites for hydroxylation is 1. The summed E-state index contributed by atoms with van der Waals surface area (Å²) < 4.78 is 0. The third kappa shape index (κ3) is 3.99. The SMILES string of the molecule is Cc1c(C(=O)NC(C)Cc2ccsc2)sc2ncnc(NC3CCCC3)c12. The molecule has 1 unspecified atom stereocenters. The van der Waals surface area contributed by atoms with Crippen molar-refractivity contribution in [1.29, 1.82) is 0 Å². The number of carbonyl (C=O) groups is 1. The van der Waals surface area contributed by atoms with Gasteiger partial charge in [-0.1, -0.05) is 12.8 Å². The van der Waals surface area contributed by atoms with Gasteiger partial charge in [-0.25, -0.2) is 9.97 Å². The average molecular weight is 401 g/mol. The lowest BCUT2D eigenvalue weighted by Crippen LogP contribution is -2.33. The molecule has 7 heteroatoms. The molecule has 0 aromatic carbocycles. The Morgan fingerprint density at radius 3 is 2.89 bits per heavy atom. The predicted octanol–water partition coefficient (Wildman–Crippen LogP) is 4.78. The molecule has 4 rings (SSSR count). The highest BCUT2D eigenvalue weighted by Gasteiger charge is 2.22. The zero-order valence-electron chi connectivity index (χ0n) is 15.6. The first-order chi connectivity index (χ1) is 13.1. The van der Waals surface area contributed by atoms with Crippen LogP contribution in [0.25, 0.3) is 10.2 Å². The Morgan fingerprint density at radius 2 is 2.15 bits per heavy atom. The lowest BCUT2D eigenvalue weighted by atomic mass is 10.1. The molecule has 1 atom stereocenters. The van der Waals surface area contributed by atoms with Gasteiger partial charge >= 0.3 is 0 Å². The zero-order valence-corrected chi connectivity index (χ0v) is 17.3. The summed E-state index contributed by atoms with van der Waals surface area (Å²) in [5.41, 5.74) is 2.23. The second-order valence-corrected chi connectivity index (χ2v) is 9.07. The van der Waals surface area contributed by atoms with Gasteiger partial charge in [0, 0.05) is 12.1 Å². The molecular weight excluding hydrogens is 376 g/mol. The summed E-state index contributed by atoms with van der Waals surface area (Å²) in [7, 11) is 0. The summed E-state index contributed by atoms with van der Waals surface area (Å²) in [5.74, 6) is 0.844. The Bertz CT molecular complexity index is 929. The molecule has 142 valence electrons. The van der Waals surface area contributed by atoms with E-state index < -0.39 is 0 Å². The number of nitrogens with one attached hydrogen (secondary N) is 2. The number of hydrogen-bond acceptors (Lipinski definition) is 6. The fraction of sp³-hybridized carbons (Fsp3) is 0.450. The second kappa shape index (κ2) is 7.94. The van der Waals surface area contributed by atoms with E-state index in [9.17, 15) is 4.79 Å². The first-order valence-electron chi connectivity index (χ1n) is 9.44. The van der Waals surface area contributed by atoms with Crippen LogP contribution in [0, 0.1) is 6.92 Å². The van der Waals surface area contributed by atoms with Crippen LogP contribution in [0.2, 0.25) is 0 Å². The van der Waals surface area contributed by atoms with E-state index in [4.69, 9.17) is 0 Å². The first kappa shape index (κ1) is 18.4. The predicted molar refractivity (Wildman–Crippen MR) is 113 cm³/mol. The maximum Gasteiger partial charge on any atom is 0.261 e. The lowest BCUT2D eigenvalue weighted by Gasteiger charge is -2.14. The molecule has 0 spiro atoms. The van der Waals surface area contributed by atoms with Gasteiger partial charge in [-0.2, -0.15) is 11.3 Å². The fourth-order valence-electron chi connectivity index (χ4n) is 3.76. The monoisotopic (exact) mass is 400 g/mol. The molecule has 0 radical (unpaired) electrons. The normalized spacial score (nSPS) is 15.9. The highest BCUT2D eigenvalue weighted by Crippen LogP contribution is 2.34. The van der Waals surface area contributed by atoms with Crippen molar-refractivity contribution in [2.24, 2.45) is 0 Å². The maximum absolute atomic E-state index is 12.9. The lowest BCUT2D eigenvalue weighted by molar-refractivity contribution is 0.0944. The number of carbonyl (C=O) groups excluding carboxylic acids is 1. The number of nitrogens with zero attached hydrogens (tertiary/aromatic N) is 2. The number of hydrogen-bond donors (Lipinski definition) is 2. The molecule has 1 aliphatic carbocycles. The van der Waals surface area contributed by atoms with Crippen molar-refractivity contribution in [2.45, 2.75) is 58.0 Å². The van der Waals surface area contributed by atoms with Crippen LogP contribution >= 0.6 is 22.7 Å². The van der Waals surface area contributed by atoms with Crippen LogP contribution in [0.1, 0.15) is 53.4 Å². The number of rotatable bonds is 6. The molecule has 2 N–H and O–H groups in total. The summed E-state index contributed by atoms with van der Waals surface area (Å²) in [6.45, 7) is 4.05. The number of anilines is 1. The van der Waals surface area contributed by atoms with Gasteiger partial charge in [0.05, 0.1) is 10.3 Å². The Morgan fingerprint density at radius 1 is 1.33 bits per heavy atom. The van der Waals surface area contributed by atoms with E-state index in [1.165, 1.54) is 42.6 Å². The molecule has 1 saturated carbocycles. The van der Waals surface area contributed by atoms with Crippen molar-refractivity contribution >= 4 is 44.6 Å².